The van der Waals surface area contributed by atoms with E-state index in [-0.39, 0.29) is 18.2 Å². The van der Waals surface area contributed by atoms with Crippen molar-refractivity contribution in [1.29, 1.82) is 0 Å². The summed E-state index contributed by atoms with van der Waals surface area (Å²) >= 11 is 4.74. The van der Waals surface area contributed by atoms with Gasteiger partial charge in [-0.1, -0.05) is 12.1 Å². The molecule has 1 N–H and O–H groups in total. The van der Waals surface area contributed by atoms with E-state index >= 15 is 0 Å². The van der Waals surface area contributed by atoms with Gasteiger partial charge < -0.3 is 14.2 Å². The van der Waals surface area contributed by atoms with Crippen molar-refractivity contribution in [2.45, 2.75) is 6.54 Å². The fraction of sp³-hybridized carbons (Fsp3) is 0.0588. The van der Waals surface area contributed by atoms with Gasteiger partial charge in [-0.3, -0.25) is 4.79 Å². The normalized spacial score (nSPS) is 11.0. The third kappa shape index (κ3) is 3.00. The minimum atomic E-state index is -0.293. The Bertz CT molecular complexity index is 985. The van der Waals surface area contributed by atoms with Crippen molar-refractivity contribution >= 4 is 43.4 Å². The second-order valence-electron chi connectivity index (χ2n) is 5.04. The molecule has 3 aromatic heterocycles. The van der Waals surface area contributed by atoms with Crippen LogP contribution >= 0.6 is 27.3 Å². The van der Waals surface area contributed by atoms with Gasteiger partial charge in [-0.15, -0.1) is 11.3 Å². The summed E-state index contributed by atoms with van der Waals surface area (Å²) in [4.78, 5) is 16.5. The van der Waals surface area contributed by atoms with Crippen LogP contribution < -0.4 is 5.32 Å². The van der Waals surface area contributed by atoms with E-state index < -0.39 is 0 Å². The smallest absolute Gasteiger partial charge is 0.287 e. The van der Waals surface area contributed by atoms with E-state index in [1.54, 1.807) is 23.5 Å². The highest BCUT2D eigenvalue weighted by molar-refractivity contribution is 9.10. The molecular weight excluding hydrogens is 392 g/mol. The summed E-state index contributed by atoms with van der Waals surface area (Å²) in [5.74, 6) is 1.31. The first kappa shape index (κ1) is 15.2. The maximum absolute atomic E-state index is 11.9. The second-order valence-corrected chi connectivity index (χ2v) is 6.85. The Hall–Kier alpha value is -2.38. The minimum Gasteiger partial charge on any atom is -0.457 e. The van der Waals surface area contributed by atoms with Crippen molar-refractivity contribution in [3.63, 3.8) is 0 Å². The molecule has 1 aromatic carbocycles. The van der Waals surface area contributed by atoms with Crippen molar-refractivity contribution < 1.29 is 13.6 Å². The zero-order valence-electron chi connectivity index (χ0n) is 12.3. The zero-order valence-corrected chi connectivity index (χ0v) is 14.7. The number of para-hydroxylation sites is 1. The van der Waals surface area contributed by atoms with Crippen LogP contribution in [0.15, 0.2) is 62.0 Å². The molecule has 120 valence electrons. The second kappa shape index (κ2) is 6.26. The van der Waals surface area contributed by atoms with Crippen LogP contribution in [0.5, 0.6) is 0 Å². The molecular formula is C17H11BrN2O3S. The van der Waals surface area contributed by atoms with Gasteiger partial charge in [0.05, 0.1) is 16.8 Å². The molecule has 0 aliphatic rings. The Balaban J connectivity index is 1.47. The topological polar surface area (TPSA) is 68.3 Å². The molecule has 0 atom stereocenters. The van der Waals surface area contributed by atoms with Crippen LogP contribution in [0.2, 0.25) is 0 Å². The van der Waals surface area contributed by atoms with Crippen LogP contribution in [0.1, 0.15) is 16.3 Å². The highest BCUT2D eigenvalue weighted by Gasteiger charge is 2.13. The number of aromatic nitrogens is 1. The van der Waals surface area contributed by atoms with E-state index in [1.165, 1.54) is 0 Å². The molecule has 0 bridgehead atoms. The predicted molar refractivity (Wildman–Crippen MR) is 94.9 cm³/mol. The average molecular weight is 403 g/mol. The summed E-state index contributed by atoms with van der Waals surface area (Å²) in [5, 5.41) is 3.58. The maximum Gasteiger partial charge on any atom is 0.287 e. The lowest BCUT2D eigenvalue weighted by molar-refractivity contribution is 0.0919. The molecule has 4 rings (SSSR count). The molecule has 0 saturated heterocycles. The first-order valence-corrected chi connectivity index (χ1v) is 8.78. The first-order chi connectivity index (χ1) is 11.7. The molecule has 0 radical (unpaired) electrons. The summed E-state index contributed by atoms with van der Waals surface area (Å²) < 4.78 is 12.6. The van der Waals surface area contributed by atoms with E-state index in [9.17, 15) is 4.79 Å². The van der Waals surface area contributed by atoms with Gasteiger partial charge in [0.15, 0.2) is 21.2 Å². The van der Waals surface area contributed by atoms with Crippen LogP contribution in [0, 0.1) is 0 Å². The number of carbonyl (C=O) groups excluding carboxylic acids is 1. The number of fused-ring (bicyclic) bond motifs is 1. The van der Waals surface area contributed by atoms with Crippen LogP contribution in [0.4, 0.5) is 0 Å². The molecule has 0 aliphatic heterocycles. The molecule has 24 heavy (non-hydrogen) atoms. The lowest BCUT2D eigenvalue weighted by Crippen LogP contribution is -2.21. The molecule has 0 spiro atoms. The van der Waals surface area contributed by atoms with Crippen LogP contribution in [0.3, 0.4) is 0 Å². The van der Waals surface area contributed by atoms with Crippen molar-refractivity contribution in [2.24, 2.45) is 0 Å². The number of thiazole rings is 1. The molecule has 5 nitrogen and oxygen atoms in total. The Morgan fingerprint density at radius 1 is 1.12 bits per heavy atom. The predicted octanol–water partition coefficient (Wildman–Crippen LogP) is 4.84. The largest absolute Gasteiger partial charge is 0.457 e. The molecule has 0 aliphatic carbocycles. The third-order valence-corrected chi connectivity index (χ3v) is 4.86. The number of hydrogen-bond acceptors (Lipinski definition) is 5. The fourth-order valence-corrected chi connectivity index (χ4v) is 3.49. The molecule has 0 fully saturated rings. The molecule has 1 amide bonds. The SMILES string of the molecule is O=C(NCc1ccc(-c2nc3ccccc3s2)o1)c1ccc(Br)o1. The number of amides is 1. The standard InChI is InChI=1S/C17H11BrN2O3S/c18-15-8-7-12(23-15)16(21)19-9-10-5-6-13(22-10)17-20-11-3-1-2-4-14(11)24-17/h1-8H,9H2,(H,19,21). The van der Waals surface area contributed by atoms with Gasteiger partial charge in [0.2, 0.25) is 0 Å². The summed E-state index contributed by atoms with van der Waals surface area (Å²) in [7, 11) is 0. The van der Waals surface area contributed by atoms with Gasteiger partial charge in [-0.25, -0.2) is 4.98 Å². The van der Waals surface area contributed by atoms with E-state index in [0.717, 1.165) is 15.2 Å². The molecule has 0 unspecified atom stereocenters. The Morgan fingerprint density at radius 2 is 2.00 bits per heavy atom. The molecule has 4 aromatic rings. The van der Waals surface area contributed by atoms with Gasteiger partial charge in [0.1, 0.15) is 5.76 Å². The average Bonchev–Trinajstić information content (AvgIpc) is 3.31. The lowest BCUT2D eigenvalue weighted by atomic mass is 10.3. The highest BCUT2D eigenvalue weighted by Crippen LogP contribution is 2.31. The Labute approximate surface area is 149 Å². The number of hydrogen-bond donors (Lipinski definition) is 1. The van der Waals surface area contributed by atoms with Crippen molar-refractivity contribution in [3.05, 3.63) is 64.7 Å². The first-order valence-electron chi connectivity index (χ1n) is 7.17. The Morgan fingerprint density at radius 3 is 2.79 bits per heavy atom. The number of furan rings is 2. The van der Waals surface area contributed by atoms with E-state index in [2.05, 4.69) is 26.2 Å². The van der Waals surface area contributed by atoms with Crippen molar-refractivity contribution in [1.82, 2.24) is 10.3 Å². The monoisotopic (exact) mass is 402 g/mol. The number of benzene rings is 1. The van der Waals surface area contributed by atoms with E-state index in [1.807, 2.05) is 36.4 Å². The zero-order chi connectivity index (χ0) is 16.5. The van der Waals surface area contributed by atoms with Crippen molar-refractivity contribution in [2.75, 3.05) is 0 Å². The van der Waals surface area contributed by atoms with Gasteiger partial charge >= 0.3 is 0 Å². The van der Waals surface area contributed by atoms with Crippen LogP contribution in [-0.2, 0) is 6.54 Å². The van der Waals surface area contributed by atoms with E-state index in [4.69, 9.17) is 8.83 Å². The lowest BCUT2D eigenvalue weighted by Gasteiger charge is -2.00. The molecule has 3 heterocycles. The summed E-state index contributed by atoms with van der Waals surface area (Å²) in [6.45, 7) is 0.280. The number of nitrogens with zero attached hydrogens (tertiary/aromatic N) is 1. The number of halogens is 1. The maximum atomic E-state index is 11.9. The van der Waals surface area contributed by atoms with Crippen LogP contribution in [0.25, 0.3) is 21.0 Å². The number of carbonyl (C=O) groups is 1. The quantitative estimate of drug-likeness (QED) is 0.530. The Kier molecular flexibility index (Phi) is 3.95. The van der Waals surface area contributed by atoms with Crippen LogP contribution in [-0.4, -0.2) is 10.9 Å². The van der Waals surface area contributed by atoms with Gasteiger partial charge in [0, 0.05) is 0 Å². The van der Waals surface area contributed by atoms with Gasteiger partial charge in [-0.05, 0) is 52.3 Å². The fourth-order valence-electron chi connectivity index (χ4n) is 2.26. The molecule has 0 saturated carbocycles. The van der Waals surface area contributed by atoms with E-state index in [0.29, 0.717) is 16.2 Å². The minimum absolute atomic E-state index is 0.250. The number of nitrogens with one attached hydrogen (secondary N) is 1. The summed E-state index contributed by atoms with van der Waals surface area (Å²) in [6.07, 6.45) is 0. The number of rotatable bonds is 4. The summed E-state index contributed by atoms with van der Waals surface area (Å²) in [6, 6.07) is 14.9. The summed E-state index contributed by atoms with van der Waals surface area (Å²) in [5.41, 5.74) is 0.951. The van der Waals surface area contributed by atoms with Crippen molar-refractivity contribution in [3.8, 4) is 10.8 Å². The van der Waals surface area contributed by atoms with Gasteiger partial charge in [-0.2, -0.15) is 0 Å². The third-order valence-electron chi connectivity index (χ3n) is 3.39. The molecule has 7 heteroatoms. The highest BCUT2D eigenvalue weighted by atomic mass is 79.9. The van der Waals surface area contributed by atoms with Gasteiger partial charge in [0.25, 0.3) is 5.91 Å².